The lowest BCUT2D eigenvalue weighted by atomic mass is 10.1. The molecular weight excluding hydrogens is 197 g/mol. The highest BCUT2D eigenvalue weighted by Gasteiger charge is 2.02. The summed E-state index contributed by atoms with van der Waals surface area (Å²) >= 11 is 0. The summed E-state index contributed by atoms with van der Waals surface area (Å²) in [7, 11) is 0.449. The van der Waals surface area contributed by atoms with Gasteiger partial charge in [0.25, 0.3) is 0 Å². The summed E-state index contributed by atoms with van der Waals surface area (Å²) in [4.78, 5) is 11.5. The van der Waals surface area contributed by atoms with Gasteiger partial charge in [0.05, 0.1) is 6.54 Å². The predicted molar refractivity (Wildman–Crippen MR) is 59.0 cm³/mol. The highest BCUT2D eigenvalue weighted by atomic mass is 31.1. The molecule has 1 unspecified atom stereocenters. The molecule has 76 valence electrons. The molecule has 14 heavy (non-hydrogen) atoms. The molecule has 0 spiro atoms. The van der Waals surface area contributed by atoms with Gasteiger partial charge in [-0.25, -0.2) is 0 Å². The molecular formula is C10H14NO2P. The van der Waals surface area contributed by atoms with E-state index in [2.05, 4.69) is 5.09 Å². The van der Waals surface area contributed by atoms with Crippen LogP contribution in [0.5, 0.6) is 0 Å². The van der Waals surface area contributed by atoms with Crippen molar-refractivity contribution in [1.82, 2.24) is 5.09 Å². The van der Waals surface area contributed by atoms with Gasteiger partial charge in [-0.15, -0.1) is 0 Å². The molecule has 0 fully saturated rings. The minimum Gasteiger partial charge on any atom is -0.396 e. The number of ketones is 1. The SMILES string of the molecule is O=C(CNPCCO)c1ccccc1. The van der Waals surface area contributed by atoms with E-state index >= 15 is 0 Å². The van der Waals surface area contributed by atoms with Crippen molar-refractivity contribution in [3.8, 4) is 0 Å². The fourth-order valence-electron chi connectivity index (χ4n) is 1.01. The molecule has 1 aromatic rings. The summed E-state index contributed by atoms with van der Waals surface area (Å²) in [6.45, 7) is 0.521. The summed E-state index contributed by atoms with van der Waals surface area (Å²) in [5, 5.41) is 11.5. The van der Waals surface area contributed by atoms with E-state index in [1.54, 1.807) is 12.1 Å². The maximum atomic E-state index is 11.5. The molecule has 0 heterocycles. The minimum absolute atomic E-state index is 0.0936. The van der Waals surface area contributed by atoms with E-state index in [9.17, 15) is 4.79 Å². The highest BCUT2D eigenvalue weighted by molar-refractivity contribution is 7.35. The smallest absolute Gasteiger partial charge is 0.176 e. The second-order valence-electron chi connectivity index (χ2n) is 2.79. The molecule has 0 saturated carbocycles. The fourth-order valence-corrected chi connectivity index (χ4v) is 1.59. The molecule has 0 amide bonds. The number of aliphatic hydroxyl groups is 1. The Morgan fingerprint density at radius 2 is 2.07 bits per heavy atom. The lowest BCUT2D eigenvalue weighted by Crippen LogP contribution is -2.16. The average Bonchev–Trinajstić information content (AvgIpc) is 2.25. The van der Waals surface area contributed by atoms with Crippen molar-refractivity contribution in [3.63, 3.8) is 0 Å². The van der Waals surface area contributed by atoms with Crippen LogP contribution in [-0.2, 0) is 0 Å². The Morgan fingerprint density at radius 3 is 2.71 bits per heavy atom. The Hall–Kier alpha value is -0.760. The van der Waals surface area contributed by atoms with Gasteiger partial charge in [-0.1, -0.05) is 39.1 Å². The highest BCUT2D eigenvalue weighted by Crippen LogP contribution is 2.03. The second-order valence-corrected chi connectivity index (χ2v) is 4.00. The zero-order valence-corrected chi connectivity index (χ0v) is 8.86. The number of hydrogen-bond acceptors (Lipinski definition) is 3. The molecule has 0 aliphatic rings. The third-order valence-corrected chi connectivity index (χ3v) is 2.61. The van der Waals surface area contributed by atoms with Gasteiger partial charge in [0.2, 0.25) is 0 Å². The number of aliphatic hydroxyl groups excluding tert-OH is 1. The lowest BCUT2D eigenvalue weighted by Gasteiger charge is -2.02. The maximum absolute atomic E-state index is 11.5. The Kier molecular flexibility index (Phi) is 5.38. The van der Waals surface area contributed by atoms with Crippen molar-refractivity contribution in [1.29, 1.82) is 0 Å². The van der Waals surface area contributed by atoms with Crippen LogP contribution in [0.1, 0.15) is 10.4 Å². The number of hydrogen-bond donors (Lipinski definition) is 2. The van der Waals surface area contributed by atoms with Crippen LogP contribution in [0.25, 0.3) is 0 Å². The number of rotatable bonds is 6. The topological polar surface area (TPSA) is 49.3 Å². The molecule has 0 bridgehead atoms. The van der Waals surface area contributed by atoms with E-state index in [4.69, 9.17) is 5.11 Å². The molecule has 1 atom stereocenters. The summed E-state index contributed by atoms with van der Waals surface area (Å²) in [6, 6.07) is 9.20. The van der Waals surface area contributed by atoms with Crippen molar-refractivity contribution >= 4 is 14.5 Å². The van der Waals surface area contributed by atoms with Crippen molar-refractivity contribution in [2.45, 2.75) is 0 Å². The number of benzene rings is 1. The van der Waals surface area contributed by atoms with Gasteiger partial charge in [-0.3, -0.25) is 9.88 Å². The zero-order chi connectivity index (χ0) is 10.2. The molecule has 0 aliphatic heterocycles. The number of carbonyl (C=O) groups is 1. The molecule has 0 radical (unpaired) electrons. The molecule has 1 rings (SSSR count). The first kappa shape index (κ1) is 11.3. The van der Waals surface area contributed by atoms with E-state index in [1.165, 1.54) is 0 Å². The van der Waals surface area contributed by atoms with E-state index in [1.807, 2.05) is 18.2 Å². The normalized spacial score (nSPS) is 10.9. The summed E-state index contributed by atoms with van der Waals surface area (Å²) in [6.07, 6.45) is 0.710. The molecule has 0 aliphatic carbocycles. The monoisotopic (exact) mass is 211 g/mol. The quantitative estimate of drug-likeness (QED) is 0.420. The van der Waals surface area contributed by atoms with Gasteiger partial charge >= 0.3 is 0 Å². The van der Waals surface area contributed by atoms with E-state index in [-0.39, 0.29) is 12.4 Å². The van der Waals surface area contributed by atoms with Crippen LogP contribution >= 0.6 is 8.73 Å². The van der Waals surface area contributed by atoms with E-state index < -0.39 is 0 Å². The first-order valence-electron chi connectivity index (χ1n) is 4.49. The average molecular weight is 211 g/mol. The third kappa shape index (κ3) is 3.97. The van der Waals surface area contributed by atoms with E-state index in [0.29, 0.717) is 21.4 Å². The van der Waals surface area contributed by atoms with Crippen molar-refractivity contribution in [2.75, 3.05) is 19.3 Å². The maximum Gasteiger partial charge on any atom is 0.176 e. The third-order valence-electron chi connectivity index (χ3n) is 1.71. The summed E-state index contributed by atoms with van der Waals surface area (Å²) in [5.74, 6) is 0.0936. The van der Waals surface area contributed by atoms with Crippen LogP contribution in [0.2, 0.25) is 0 Å². The predicted octanol–water partition coefficient (Wildman–Crippen LogP) is 1.04. The first-order chi connectivity index (χ1) is 6.84. The van der Waals surface area contributed by atoms with Gasteiger partial charge < -0.3 is 5.11 Å². The molecule has 1 aromatic carbocycles. The summed E-state index contributed by atoms with van der Waals surface area (Å²) < 4.78 is 0. The molecule has 0 aromatic heterocycles. The van der Waals surface area contributed by atoms with Crippen molar-refractivity contribution < 1.29 is 9.90 Å². The van der Waals surface area contributed by atoms with Gasteiger partial charge in [0, 0.05) is 18.3 Å². The largest absolute Gasteiger partial charge is 0.396 e. The number of Topliss-reactive ketones (excluding diaryl/α,β-unsaturated/α-hetero) is 1. The Morgan fingerprint density at radius 1 is 1.36 bits per heavy atom. The minimum atomic E-state index is 0.0936. The zero-order valence-electron chi connectivity index (χ0n) is 7.86. The second kappa shape index (κ2) is 6.66. The molecule has 4 heteroatoms. The van der Waals surface area contributed by atoms with Crippen LogP contribution in [0.4, 0.5) is 0 Å². The van der Waals surface area contributed by atoms with Crippen LogP contribution in [0.3, 0.4) is 0 Å². The van der Waals surface area contributed by atoms with Crippen molar-refractivity contribution in [3.05, 3.63) is 35.9 Å². The first-order valence-corrected chi connectivity index (χ1v) is 5.70. The van der Waals surface area contributed by atoms with Gasteiger partial charge in [0.15, 0.2) is 5.78 Å². The van der Waals surface area contributed by atoms with Gasteiger partial charge in [-0.05, 0) is 0 Å². The Bertz CT molecular complexity index is 277. The Labute approximate surface area is 85.4 Å². The standard InChI is InChI=1S/C10H14NO2P/c12-6-7-14-11-8-10(13)9-4-2-1-3-5-9/h1-5,11-12,14H,6-8H2. The number of nitrogens with one attached hydrogen (secondary N) is 1. The number of carbonyl (C=O) groups excluding carboxylic acids is 1. The van der Waals surface area contributed by atoms with Gasteiger partial charge in [0.1, 0.15) is 0 Å². The van der Waals surface area contributed by atoms with E-state index in [0.717, 1.165) is 5.56 Å². The van der Waals surface area contributed by atoms with Crippen LogP contribution < -0.4 is 5.09 Å². The van der Waals surface area contributed by atoms with Gasteiger partial charge in [-0.2, -0.15) is 0 Å². The van der Waals surface area contributed by atoms with Crippen LogP contribution in [0.15, 0.2) is 30.3 Å². The summed E-state index contributed by atoms with van der Waals surface area (Å²) in [5.41, 5.74) is 0.730. The Balaban J connectivity index is 2.29. The molecule has 2 N–H and O–H groups in total. The van der Waals surface area contributed by atoms with Crippen LogP contribution in [0, 0.1) is 0 Å². The lowest BCUT2D eigenvalue weighted by molar-refractivity contribution is 0.0997. The van der Waals surface area contributed by atoms with Crippen LogP contribution in [-0.4, -0.2) is 30.2 Å². The fraction of sp³-hybridized carbons (Fsp3) is 0.300. The molecule has 0 saturated heterocycles. The van der Waals surface area contributed by atoms with Crippen molar-refractivity contribution in [2.24, 2.45) is 0 Å². The molecule has 3 nitrogen and oxygen atoms in total.